The second-order valence-electron chi connectivity index (χ2n) is 9.16. The maximum Gasteiger partial charge on any atom is 0.222 e. The number of unbranched alkanes of at least 4 members (excludes halogenated alkanes) is 1. The van der Waals surface area contributed by atoms with Crippen LogP contribution in [0.4, 0.5) is 5.69 Å². The maximum atomic E-state index is 11.7. The minimum Gasteiger partial charge on any atom is -0.393 e. The summed E-state index contributed by atoms with van der Waals surface area (Å²) in [5.41, 5.74) is 3.42. The Morgan fingerprint density at radius 3 is 2.45 bits per heavy atom. The first kappa shape index (κ1) is 21.8. The fourth-order valence-electron chi connectivity index (χ4n) is 5.01. The Morgan fingerprint density at radius 2 is 1.83 bits per heavy atom. The van der Waals surface area contributed by atoms with Gasteiger partial charge in [0, 0.05) is 46.2 Å². The fraction of sp³-hybridized carbons (Fsp3) is 0.625. The van der Waals surface area contributed by atoms with Gasteiger partial charge in [-0.05, 0) is 61.6 Å². The third-order valence-corrected chi connectivity index (χ3v) is 6.70. The van der Waals surface area contributed by atoms with Crippen molar-refractivity contribution in [1.82, 2.24) is 4.90 Å². The van der Waals surface area contributed by atoms with E-state index in [9.17, 15) is 15.0 Å². The number of carbonyl (C=O) groups excluding carboxylic acids is 1. The maximum absolute atomic E-state index is 11.7. The van der Waals surface area contributed by atoms with E-state index in [1.54, 1.807) is 19.0 Å². The van der Waals surface area contributed by atoms with Crippen molar-refractivity contribution < 1.29 is 15.0 Å². The summed E-state index contributed by atoms with van der Waals surface area (Å²) in [7, 11) is 7.60. The summed E-state index contributed by atoms with van der Waals surface area (Å²) in [6.45, 7) is 0. The smallest absolute Gasteiger partial charge is 0.222 e. The molecular formula is C24H36N2O3. The van der Waals surface area contributed by atoms with Crippen molar-refractivity contribution in [3.8, 4) is 0 Å². The quantitative estimate of drug-likeness (QED) is 0.519. The van der Waals surface area contributed by atoms with E-state index in [1.165, 1.54) is 5.57 Å². The summed E-state index contributed by atoms with van der Waals surface area (Å²) < 4.78 is 0. The predicted octanol–water partition coefficient (Wildman–Crippen LogP) is 3.38. The van der Waals surface area contributed by atoms with E-state index in [2.05, 4.69) is 6.08 Å². The number of allylic oxidation sites excluding steroid dienone is 2. The van der Waals surface area contributed by atoms with Crippen LogP contribution >= 0.6 is 0 Å². The van der Waals surface area contributed by atoms with Crippen LogP contribution in [0.1, 0.15) is 50.2 Å². The first-order valence-electron chi connectivity index (χ1n) is 10.8. The number of aliphatic hydroxyl groups is 2. The summed E-state index contributed by atoms with van der Waals surface area (Å²) in [6, 6.07) is 7.99. The molecule has 0 radical (unpaired) electrons. The number of anilines is 1. The molecule has 1 fully saturated rings. The summed E-state index contributed by atoms with van der Waals surface area (Å²) in [5, 5.41) is 21.7. The van der Waals surface area contributed by atoms with Gasteiger partial charge in [0.05, 0.1) is 12.2 Å². The van der Waals surface area contributed by atoms with Crippen LogP contribution in [0.25, 0.3) is 0 Å². The lowest BCUT2D eigenvalue weighted by Crippen LogP contribution is -2.26. The molecule has 1 saturated carbocycles. The van der Waals surface area contributed by atoms with Crippen LogP contribution in [0.2, 0.25) is 0 Å². The molecule has 160 valence electrons. The zero-order valence-corrected chi connectivity index (χ0v) is 18.2. The highest BCUT2D eigenvalue weighted by Crippen LogP contribution is 2.51. The predicted molar refractivity (Wildman–Crippen MR) is 117 cm³/mol. The molecule has 2 aliphatic carbocycles. The Hall–Kier alpha value is -1.85. The van der Waals surface area contributed by atoms with E-state index in [1.807, 2.05) is 43.3 Å². The molecular weight excluding hydrogens is 364 g/mol. The molecule has 3 rings (SSSR count). The Morgan fingerprint density at radius 1 is 1.14 bits per heavy atom. The van der Waals surface area contributed by atoms with Gasteiger partial charge in [-0.1, -0.05) is 23.8 Å². The van der Waals surface area contributed by atoms with Gasteiger partial charge >= 0.3 is 0 Å². The van der Waals surface area contributed by atoms with Crippen molar-refractivity contribution in [3.63, 3.8) is 0 Å². The van der Waals surface area contributed by atoms with E-state index in [4.69, 9.17) is 0 Å². The molecule has 5 nitrogen and oxygen atoms in total. The van der Waals surface area contributed by atoms with Crippen molar-refractivity contribution in [3.05, 3.63) is 41.5 Å². The molecule has 0 spiro atoms. The van der Waals surface area contributed by atoms with Gasteiger partial charge < -0.3 is 20.0 Å². The molecule has 2 aliphatic rings. The van der Waals surface area contributed by atoms with Crippen LogP contribution in [0.15, 0.2) is 35.9 Å². The molecule has 5 heteroatoms. The summed E-state index contributed by atoms with van der Waals surface area (Å²) in [5.74, 6) is 0.749. The van der Waals surface area contributed by atoms with Gasteiger partial charge in [0.1, 0.15) is 0 Å². The Labute approximate surface area is 175 Å². The topological polar surface area (TPSA) is 64.0 Å². The first-order valence-corrected chi connectivity index (χ1v) is 10.8. The van der Waals surface area contributed by atoms with Gasteiger partial charge in [-0.15, -0.1) is 0 Å². The van der Waals surface area contributed by atoms with Gasteiger partial charge in [-0.2, -0.15) is 0 Å². The van der Waals surface area contributed by atoms with Crippen molar-refractivity contribution in [1.29, 1.82) is 0 Å². The molecule has 2 N–H and O–H groups in total. The van der Waals surface area contributed by atoms with Crippen molar-refractivity contribution in [2.75, 3.05) is 33.1 Å². The van der Waals surface area contributed by atoms with Crippen molar-refractivity contribution >= 4 is 11.6 Å². The lowest BCUT2D eigenvalue weighted by molar-refractivity contribution is -0.128. The summed E-state index contributed by atoms with van der Waals surface area (Å²) in [4.78, 5) is 15.4. The number of amides is 1. The average Bonchev–Trinajstić information content (AvgIpc) is 3.20. The number of hydrogen-bond donors (Lipinski definition) is 2. The Kier molecular flexibility index (Phi) is 7.01. The molecule has 0 aliphatic heterocycles. The molecule has 0 saturated heterocycles. The molecule has 29 heavy (non-hydrogen) atoms. The molecule has 5 atom stereocenters. The van der Waals surface area contributed by atoms with Gasteiger partial charge in [0.2, 0.25) is 5.91 Å². The highest BCUT2D eigenvalue weighted by atomic mass is 16.3. The minimum atomic E-state index is -0.637. The van der Waals surface area contributed by atoms with Crippen LogP contribution in [0.3, 0.4) is 0 Å². The Balaban J connectivity index is 1.56. The number of hydrogen-bond acceptors (Lipinski definition) is 4. The summed E-state index contributed by atoms with van der Waals surface area (Å²) >= 11 is 0. The SMILES string of the molecule is CN(C)C(=O)CCCCC1=C[C@H]2C[C@@H](O)[C@H]([C@H](O)c3ccc(N(C)C)cc3)[C@H]2C1. The zero-order valence-electron chi connectivity index (χ0n) is 18.2. The van der Waals surface area contributed by atoms with Crippen LogP contribution in [0, 0.1) is 17.8 Å². The minimum absolute atomic E-state index is 0.116. The highest BCUT2D eigenvalue weighted by molar-refractivity contribution is 5.75. The molecule has 0 unspecified atom stereocenters. The lowest BCUT2D eigenvalue weighted by Gasteiger charge is -2.28. The lowest BCUT2D eigenvalue weighted by atomic mass is 9.82. The number of aliphatic hydroxyl groups excluding tert-OH is 2. The number of fused-ring (bicyclic) bond motifs is 1. The van der Waals surface area contributed by atoms with Crippen molar-refractivity contribution in [2.45, 2.75) is 50.7 Å². The molecule has 1 aromatic rings. The molecule has 1 aromatic carbocycles. The van der Waals surface area contributed by atoms with E-state index in [0.717, 1.165) is 43.4 Å². The number of rotatable bonds is 8. The largest absolute Gasteiger partial charge is 0.393 e. The third kappa shape index (κ3) is 5.01. The van der Waals surface area contributed by atoms with E-state index in [-0.39, 0.29) is 11.8 Å². The van der Waals surface area contributed by atoms with Gasteiger partial charge in [-0.3, -0.25) is 4.79 Å². The van der Waals surface area contributed by atoms with E-state index in [0.29, 0.717) is 18.3 Å². The van der Waals surface area contributed by atoms with Crippen LogP contribution in [0.5, 0.6) is 0 Å². The number of nitrogens with zero attached hydrogens (tertiary/aromatic N) is 2. The average molecular weight is 401 g/mol. The van der Waals surface area contributed by atoms with E-state index >= 15 is 0 Å². The first-order chi connectivity index (χ1) is 13.8. The van der Waals surface area contributed by atoms with Gasteiger partial charge in [-0.25, -0.2) is 0 Å². The molecule has 0 bridgehead atoms. The molecule has 0 heterocycles. The van der Waals surface area contributed by atoms with Crippen LogP contribution in [-0.2, 0) is 4.79 Å². The van der Waals surface area contributed by atoms with Crippen LogP contribution < -0.4 is 4.90 Å². The third-order valence-electron chi connectivity index (χ3n) is 6.70. The monoisotopic (exact) mass is 400 g/mol. The fourth-order valence-corrected chi connectivity index (χ4v) is 5.01. The second-order valence-corrected chi connectivity index (χ2v) is 9.16. The van der Waals surface area contributed by atoms with E-state index < -0.39 is 12.2 Å². The highest BCUT2D eigenvalue weighted by Gasteiger charge is 2.47. The summed E-state index contributed by atoms with van der Waals surface area (Å²) in [6.07, 6.45) is 6.50. The normalized spacial score (nSPS) is 26.8. The Bertz CT molecular complexity index is 726. The second kappa shape index (κ2) is 9.31. The molecule has 1 amide bonds. The number of carbonyl (C=O) groups is 1. The van der Waals surface area contributed by atoms with Gasteiger partial charge in [0.25, 0.3) is 0 Å². The number of benzene rings is 1. The van der Waals surface area contributed by atoms with Crippen LogP contribution in [-0.4, -0.2) is 55.3 Å². The molecule has 0 aromatic heterocycles. The standard InChI is InChI=1S/C24H36N2O3/c1-25(2)19-11-9-17(10-12-19)24(29)23-20-14-16(13-18(20)15-21(23)27)7-5-6-8-22(28)26(3)4/h9-13,18,20-21,23-24,27,29H,5-8,14-15H2,1-4H3/t18-,20-,21+,23+,24+/m0/s1. The van der Waals surface area contributed by atoms with Gasteiger partial charge in [0.15, 0.2) is 0 Å². The zero-order chi connectivity index (χ0) is 21.1. The van der Waals surface area contributed by atoms with Crippen molar-refractivity contribution in [2.24, 2.45) is 17.8 Å².